The molecule has 242 valence electrons. The first kappa shape index (κ1) is 34.6. The fraction of sp³-hybridized carbons (Fsp3) is 0.115. The summed E-state index contributed by atoms with van der Waals surface area (Å²) in [6, 6.07) is 10.4. The van der Waals surface area contributed by atoms with Crippen LogP contribution in [-0.2, 0) is 24.4 Å². The predicted molar refractivity (Wildman–Crippen MR) is 163 cm³/mol. The number of esters is 1. The topological polar surface area (TPSA) is 272 Å². The van der Waals surface area contributed by atoms with Gasteiger partial charge in [-0.3, -0.25) is 25.0 Å². The van der Waals surface area contributed by atoms with E-state index in [0.717, 1.165) is 43.9 Å². The summed E-state index contributed by atoms with van der Waals surface area (Å²) >= 11 is 0. The van der Waals surface area contributed by atoms with Crippen molar-refractivity contribution in [3.63, 3.8) is 0 Å². The quantitative estimate of drug-likeness (QED) is 0.0887. The van der Waals surface area contributed by atoms with Crippen LogP contribution in [0.25, 0.3) is 11.4 Å². The van der Waals surface area contributed by atoms with E-state index in [9.17, 15) is 46.7 Å². The molecule has 0 spiro atoms. The molecule has 0 aliphatic rings. The first-order chi connectivity index (χ1) is 21.4. The number of nitrogens with zero attached hydrogens (tertiary/aromatic N) is 5. The minimum Gasteiger partial charge on any atom is -0.465 e. The molecule has 2 heterocycles. The molecule has 0 saturated carbocycles. The Hall–Kier alpha value is -5.89. The monoisotopic (exact) mass is 675 g/mol. The Kier molecular flexibility index (Phi) is 10.1. The minimum absolute atomic E-state index is 0.0375. The van der Waals surface area contributed by atoms with Crippen molar-refractivity contribution in [2.45, 2.75) is 9.79 Å². The van der Waals surface area contributed by atoms with Crippen molar-refractivity contribution in [3.8, 4) is 11.4 Å². The normalized spacial score (nSPS) is 11.1. The van der Waals surface area contributed by atoms with Crippen molar-refractivity contribution in [1.82, 2.24) is 9.13 Å². The Morgan fingerprint density at radius 1 is 0.739 bits per heavy atom. The second kappa shape index (κ2) is 13.4. The Labute approximate surface area is 260 Å². The fourth-order valence-electron chi connectivity index (χ4n) is 4.03. The van der Waals surface area contributed by atoms with E-state index in [2.05, 4.69) is 9.73 Å². The molecule has 0 aliphatic carbocycles. The highest BCUT2D eigenvalue weighted by Crippen LogP contribution is 2.31. The maximum absolute atomic E-state index is 12.0. The molecule has 4 N–H and O–H groups in total. The highest BCUT2D eigenvalue weighted by molar-refractivity contribution is 7.91. The van der Waals surface area contributed by atoms with Gasteiger partial charge < -0.3 is 25.3 Å². The van der Waals surface area contributed by atoms with Crippen LogP contribution in [0.2, 0.25) is 0 Å². The highest BCUT2D eigenvalue weighted by atomic mass is 32.2. The predicted octanol–water partition coefficient (Wildman–Crippen LogP) is 1.78. The van der Waals surface area contributed by atoms with Crippen molar-refractivity contribution >= 4 is 48.9 Å². The molecule has 46 heavy (non-hydrogen) atoms. The number of nitro groups is 2. The molecule has 0 radical (unpaired) electrons. The van der Waals surface area contributed by atoms with E-state index in [1.807, 2.05) is 0 Å². The van der Waals surface area contributed by atoms with Gasteiger partial charge >= 0.3 is 5.97 Å². The van der Waals surface area contributed by atoms with Crippen molar-refractivity contribution in [2.24, 2.45) is 16.5 Å². The van der Waals surface area contributed by atoms with E-state index >= 15 is 0 Å². The van der Waals surface area contributed by atoms with Crippen LogP contribution in [0.15, 0.2) is 88.1 Å². The molecular weight excluding hydrogens is 650 g/mol. The zero-order valence-electron chi connectivity index (χ0n) is 24.1. The molecule has 2 aromatic carbocycles. The summed E-state index contributed by atoms with van der Waals surface area (Å²) in [7, 11) is -6.45. The Morgan fingerprint density at radius 2 is 1.11 bits per heavy atom. The van der Waals surface area contributed by atoms with Gasteiger partial charge in [0.25, 0.3) is 17.3 Å². The van der Waals surface area contributed by atoms with Gasteiger partial charge in [-0.2, -0.15) is 4.99 Å². The number of benzene rings is 2. The molecule has 20 heteroatoms. The van der Waals surface area contributed by atoms with Crippen LogP contribution in [0, 0.1) is 20.2 Å². The molecule has 0 aliphatic heterocycles. The van der Waals surface area contributed by atoms with E-state index in [-0.39, 0.29) is 21.2 Å². The summed E-state index contributed by atoms with van der Waals surface area (Å²) in [4.78, 5) is 47.3. The lowest BCUT2D eigenvalue weighted by molar-refractivity contribution is -0.385. The van der Waals surface area contributed by atoms with E-state index in [1.165, 1.54) is 21.5 Å². The van der Waals surface area contributed by atoms with Gasteiger partial charge in [-0.05, 0) is 36.4 Å². The molecule has 0 unspecified atom stereocenters. The molecule has 4 rings (SSSR count). The van der Waals surface area contributed by atoms with Gasteiger partial charge in [-0.1, -0.05) is 0 Å². The third kappa shape index (κ3) is 7.78. The number of carbonyl (C=O) groups is 2. The summed E-state index contributed by atoms with van der Waals surface area (Å²) in [5, 5.41) is 22.4. The number of amides is 1. The van der Waals surface area contributed by atoms with Crippen LogP contribution in [0.4, 0.5) is 11.4 Å². The van der Waals surface area contributed by atoms with E-state index < -0.39 is 69.9 Å². The standard InChI is InChI=1S/C13H13N5O5S.C13H12N2O6S/c1-24(22,23)11-6-8(12(19)16-13(14)15)9(18(20)21)7-10(11)17-4-2-3-5-17;1-21-13(16)9-7-12(22(2,19)20)11(8-10(9)15(17)18)14-5-3-4-6-14/h2-7H,1H3,(H4,14,15,16,19);3-8H,1-2H3. The number of ether oxygens (including phenoxy) is 1. The number of hydrogen-bond donors (Lipinski definition) is 2. The van der Waals surface area contributed by atoms with Crippen LogP contribution in [0.3, 0.4) is 0 Å². The van der Waals surface area contributed by atoms with Crippen LogP contribution in [0.1, 0.15) is 20.7 Å². The summed E-state index contributed by atoms with van der Waals surface area (Å²) in [5.74, 6) is -2.67. The van der Waals surface area contributed by atoms with Crippen LogP contribution in [0.5, 0.6) is 0 Å². The number of guanidine groups is 1. The third-order valence-corrected chi connectivity index (χ3v) is 8.23. The number of aliphatic imine (C=N–C) groups is 1. The first-order valence-corrected chi connectivity index (χ1v) is 16.2. The molecular formula is C26H25N7O11S2. The lowest BCUT2D eigenvalue weighted by Crippen LogP contribution is -2.24. The number of methoxy groups -OCH3 is 1. The summed E-state index contributed by atoms with van der Waals surface area (Å²) < 4.78 is 55.3. The second-order valence-electron chi connectivity index (χ2n) is 9.25. The zero-order chi connectivity index (χ0) is 34.6. The highest BCUT2D eigenvalue weighted by Gasteiger charge is 2.29. The van der Waals surface area contributed by atoms with Gasteiger partial charge in [0.15, 0.2) is 25.6 Å². The molecule has 18 nitrogen and oxygen atoms in total. The average molecular weight is 676 g/mol. The van der Waals surface area contributed by atoms with E-state index in [0.29, 0.717) is 0 Å². The van der Waals surface area contributed by atoms with Crippen molar-refractivity contribution in [3.05, 3.63) is 105 Å². The van der Waals surface area contributed by atoms with Gasteiger partial charge in [-0.15, -0.1) is 0 Å². The second-order valence-corrected chi connectivity index (χ2v) is 13.2. The SMILES string of the molecule is COC(=O)c1cc(S(C)(=O)=O)c(-n2cccc2)cc1[N+](=O)[O-].CS(=O)(=O)c1cc(C(=O)N=C(N)N)c([N+](=O)[O-])cc1-n1cccc1. The third-order valence-electron chi connectivity index (χ3n) is 5.98. The largest absolute Gasteiger partial charge is 0.465 e. The van der Waals surface area contributed by atoms with Gasteiger partial charge in [0, 0.05) is 49.4 Å². The lowest BCUT2D eigenvalue weighted by atomic mass is 10.1. The Bertz CT molecular complexity index is 2090. The van der Waals surface area contributed by atoms with Crippen LogP contribution in [-0.4, -0.2) is 73.3 Å². The molecule has 0 fully saturated rings. The lowest BCUT2D eigenvalue weighted by Gasteiger charge is -2.11. The van der Waals surface area contributed by atoms with Crippen molar-refractivity contribution < 1.29 is 41.0 Å². The number of hydrogen-bond acceptors (Lipinski definition) is 11. The number of sulfone groups is 2. The smallest absolute Gasteiger partial charge is 0.344 e. The van der Waals surface area contributed by atoms with Crippen molar-refractivity contribution in [2.75, 3.05) is 19.6 Å². The van der Waals surface area contributed by atoms with Gasteiger partial charge in [0.1, 0.15) is 11.1 Å². The molecule has 4 aromatic rings. The van der Waals surface area contributed by atoms with Crippen LogP contribution < -0.4 is 11.5 Å². The number of nitro benzene ring substituents is 2. The minimum atomic E-state index is -3.79. The number of nitrogens with two attached hydrogens (primary N) is 2. The van der Waals surface area contributed by atoms with Gasteiger partial charge in [0.05, 0.1) is 38.1 Å². The van der Waals surface area contributed by atoms with Crippen LogP contribution >= 0.6 is 0 Å². The number of aromatic nitrogens is 2. The average Bonchev–Trinajstić information content (AvgIpc) is 3.69. The fourth-order valence-corrected chi connectivity index (χ4v) is 5.78. The number of carbonyl (C=O) groups excluding carboxylic acids is 2. The summed E-state index contributed by atoms with van der Waals surface area (Å²) in [6.07, 6.45) is 8.02. The molecule has 0 atom stereocenters. The molecule has 0 saturated heterocycles. The molecule has 2 aromatic heterocycles. The zero-order valence-corrected chi connectivity index (χ0v) is 25.8. The van der Waals surface area contributed by atoms with E-state index in [4.69, 9.17) is 11.5 Å². The maximum atomic E-state index is 12.0. The van der Waals surface area contributed by atoms with Gasteiger partial charge in [0.2, 0.25) is 0 Å². The first-order valence-electron chi connectivity index (χ1n) is 12.4. The maximum Gasteiger partial charge on any atom is 0.344 e. The number of rotatable bonds is 8. The van der Waals surface area contributed by atoms with Crippen molar-refractivity contribution in [1.29, 1.82) is 0 Å². The molecule has 1 amide bonds. The molecule has 0 bridgehead atoms. The van der Waals surface area contributed by atoms with E-state index in [1.54, 1.807) is 36.7 Å². The Morgan fingerprint density at radius 3 is 1.43 bits per heavy atom. The van der Waals surface area contributed by atoms with Gasteiger partial charge in [-0.25, -0.2) is 21.6 Å². The summed E-state index contributed by atoms with van der Waals surface area (Å²) in [5.41, 5.74) is 8.26. The summed E-state index contributed by atoms with van der Waals surface area (Å²) in [6.45, 7) is 0. The Balaban J connectivity index is 0.000000251.